The van der Waals surface area contributed by atoms with E-state index in [-0.39, 0.29) is 35.5 Å². The molecule has 1 aromatic carbocycles. The molecule has 2 aliphatic rings. The number of fused-ring (bicyclic) bond motifs is 1. The number of benzene rings is 1. The Bertz CT molecular complexity index is 1370. The summed E-state index contributed by atoms with van der Waals surface area (Å²) >= 11 is 0. The van der Waals surface area contributed by atoms with E-state index >= 15 is 0 Å². The average Bonchev–Trinajstić information content (AvgIpc) is 3.03. The third-order valence-electron chi connectivity index (χ3n) is 7.76. The average molecular weight is 714 g/mol. The zero-order chi connectivity index (χ0) is 38.9. The Hall–Kier alpha value is -4.16. The maximum Gasteiger partial charge on any atom is 0.322 e. The smallest absolute Gasteiger partial charge is 0.322 e. The van der Waals surface area contributed by atoms with Gasteiger partial charge in [0.25, 0.3) is 6.47 Å². The van der Waals surface area contributed by atoms with Crippen LogP contribution in [0, 0.1) is 5.92 Å². The van der Waals surface area contributed by atoms with E-state index < -0.39 is 17.6 Å². The first-order valence-electron chi connectivity index (χ1n) is 17.7. The lowest BCUT2D eigenvalue weighted by Gasteiger charge is -2.37. The van der Waals surface area contributed by atoms with Gasteiger partial charge in [-0.05, 0) is 104 Å². The molecule has 3 rings (SSSR count). The molecular weight excluding hydrogens is 650 g/mol. The molecule has 5 N–H and O–H groups in total. The van der Waals surface area contributed by atoms with Crippen molar-refractivity contribution in [2.24, 2.45) is 5.92 Å². The van der Waals surface area contributed by atoms with E-state index in [1.165, 1.54) is 16.8 Å². The van der Waals surface area contributed by atoms with Crippen molar-refractivity contribution in [1.29, 1.82) is 0 Å². The van der Waals surface area contributed by atoms with E-state index in [0.29, 0.717) is 31.6 Å². The second-order valence-corrected chi connectivity index (χ2v) is 14.9. The number of nitrogens with zero attached hydrogens (tertiary/aromatic N) is 1. The number of aliphatic carboxylic acids is 1. The molecule has 2 aliphatic heterocycles. The second-order valence-electron chi connectivity index (χ2n) is 14.9. The molecular formula is C39H63N5O7. The van der Waals surface area contributed by atoms with E-state index in [1.807, 2.05) is 74.5 Å². The monoisotopic (exact) mass is 713 g/mol. The Labute approximate surface area is 305 Å². The second kappa shape index (κ2) is 21.3. The minimum absolute atomic E-state index is 0.0852. The van der Waals surface area contributed by atoms with Gasteiger partial charge in [0.1, 0.15) is 17.2 Å². The van der Waals surface area contributed by atoms with Crippen molar-refractivity contribution in [2.75, 3.05) is 25.5 Å². The standard InChI is InChI=1S/C19H25NO2.C15H28N4O3.C5H10O2/c1-5-14-11-16-12-15(9-10-17(16)20-13-14)7-6-8-18(21)22-19(2,3)4;1-9(2)13(16-5)14(20)17-10(3)11(4)19-8-6-7-12(18-19)15(21)22;1-5(2,3)7-4-6/h6-7,9-12,20H,5,8,13H2,1-4H3;9-10,12-13,16,18H,4,6-8H2,1-3,5H3,(H,17,20)(H,21,22);4H,1-3H3/b7-6+;;. The number of hydrazine groups is 1. The predicted octanol–water partition coefficient (Wildman–Crippen LogP) is 5.91. The molecule has 0 aromatic heterocycles. The highest BCUT2D eigenvalue weighted by Gasteiger charge is 2.28. The van der Waals surface area contributed by atoms with Gasteiger partial charge in [-0.15, -0.1) is 0 Å². The van der Waals surface area contributed by atoms with Gasteiger partial charge >= 0.3 is 11.9 Å². The van der Waals surface area contributed by atoms with Gasteiger partial charge < -0.3 is 35.5 Å². The molecule has 0 saturated carbocycles. The third-order valence-corrected chi connectivity index (χ3v) is 7.76. The van der Waals surface area contributed by atoms with Crippen LogP contribution < -0.4 is 21.4 Å². The summed E-state index contributed by atoms with van der Waals surface area (Å²) < 4.78 is 9.83. The highest BCUT2D eigenvalue weighted by molar-refractivity contribution is 5.82. The highest BCUT2D eigenvalue weighted by Crippen LogP contribution is 2.26. The molecule has 0 spiro atoms. The Morgan fingerprint density at radius 1 is 1.12 bits per heavy atom. The number of hydrogen-bond donors (Lipinski definition) is 5. The Morgan fingerprint density at radius 3 is 2.29 bits per heavy atom. The fourth-order valence-electron chi connectivity index (χ4n) is 5.05. The summed E-state index contributed by atoms with van der Waals surface area (Å²) in [6, 6.07) is 5.14. The maximum absolute atomic E-state index is 12.2. The van der Waals surface area contributed by atoms with Crippen LogP contribution in [0.5, 0.6) is 0 Å². The van der Waals surface area contributed by atoms with Crippen LogP contribution in [0.15, 0.2) is 42.1 Å². The number of carboxylic acid groups (broad SMARTS) is 1. The summed E-state index contributed by atoms with van der Waals surface area (Å²) in [4.78, 5) is 44.6. The van der Waals surface area contributed by atoms with E-state index in [9.17, 15) is 19.2 Å². The third kappa shape index (κ3) is 17.6. The fraction of sp³-hybridized carbons (Fsp3) is 0.590. The Morgan fingerprint density at radius 2 is 1.78 bits per heavy atom. The summed E-state index contributed by atoms with van der Waals surface area (Å²) in [7, 11) is 1.76. The largest absolute Gasteiger partial charge is 0.480 e. The summed E-state index contributed by atoms with van der Waals surface area (Å²) in [5.41, 5.74) is 7.74. The Balaban J connectivity index is 0.000000430. The van der Waals surface area contributed by atoms with E-state index in [1.54, 1.807) is 12.1 Å². The van der Waals surface area contributed by atoms with Crippen LogP contribution >= 0.6 is 0 Å². The van der Waals surface area contributed by atoms with Gasteiger partial charge in [0.15, 0.2) is 0 Å². The molecule has 2 heterocycles. The van der Waals surface area contributed by atoms with Gasteiger partial charge in [0.2, 0.25) is 5.91 Å². The topological polar surface area (TPSA) is 158 Å². The lowest BCUT2D eigenvalue weighted by atomic mass is 10.0. The highest BCUT2D eigenvalue weighted by atomic mass is 16.6. The van der Waals surface area contributed by atoms with Crippen molar-refractivity contribution in [3.63, 3.8) is 0 Å². The molecule has 3 unspecified atom stereocenters. The molecule has 3 atom stereocenters. The van der Waals surface area contributed by atoms with Crippen LogP contribution in [0.2, 0.25) is 0 Å². The number of carboxylic acids is 1. The maximum atomic E-state index is 12.2. The lowest BCUT2D eigenvalue weighted by Crippen LogP contribution is -2.56. The number of nitrogens with one attached hydrogen (secondary N) is 4. The van der Waals surface area contributed by atoms with Gasteiger partial charge in [-0.2, -0.15) is 0 Å². The van der Waals surface area contributed by atoms with Gasteiger partial charge in [0, 0.05) is 24.5 Å². The van der Waals surface area contributed by atoms with Gasteiger partial charge in [-0.1, -0.05) is 57.2 Å². The predicted molar refractivity (Wildman–Crippen MR) is 205 cm³/mol. The molecule has 0 bridgehead atoms. The van der Waals surface area contributed by atoms with Gasteiger partial charge in [-0.3, -0.25) is 19.2 Å². The minimum atomic E-state index is -0.871. The summed E-state index contributed by atoms with van der Waals surface area (Å²) in [6.07, 6.45) is 8.80. The van der Waals surface area contributed by atoms with E-state index in [0.717, 1.165) is 24.9 Å². The fourth-order valence-corrected chi connectivity index (χ4v) is 5.05. The molecule has 0 aliphatic carbocycles. The first kappa shape index (κ1) is 44.9. The first-order valence-corrected chi connectivity index (χ1v) is 17.7. The molecule has 0 radical (unpaired) electrons. The number of carbonyl (C=O) groups is 4. The quantitative estimate of drug-likeness (QED) is 0.130. The number of anilines is 1. The number of amides is 1. The molecule has 1 saturated heterocycles. The molecule has 12 heteroatoms. The number of likely N-dealkylation sites (N-methyl/N-ethyl adjacent to an activating group) is 1. The van der Waals surface area contributed by atoms with Crippen molar-refractivity contribution >= 4 is 42.2 Å². The lowest BCUT2D eigenvalue weighted by molar-refractivity contribution is -0.153. The van der Waals surface area contributed by atoms with Crippen molar-refractivity contribution in [1.82, 2.24) is 21.1 Å². The number of hydrogen-bond acceptors (Lipinski definition) is 10. The van der Waals surface area contributed by atoms with Crippen LogP contribution in [0.3, 0.4) is 0 Å². The van der Waals surface area contributed by atoms with E-state index in [2.05, 4.69) is 63.9 Å². The van der Waals surface area contributed by atoms with Crippen molar-refractivity contribution in [2.45, 2.75) is 124 Å². The summed E-state index contributed by atoms with van der Waals surface area (Å²) in [5.74, 6) is -0.978. The van der Waals surface area contributed by atoms with Crippen LogP contribution in [-0.2, 0) is 28.7 Å². The van der Waals surface area contributed by atoms with Gasteiger partial charge in [-0.25, -0.2) is 5.43 Å². The number of carbonyl (C=O) groups excluding carboxylic acids is 3. The van der Waals surface area contributed by atoms with Crippen LogP contribution in [0.1, 0.15) is 106 Å². The molecule has 286 valence electrons. The van der Waals surface area contributed by atoms with Crippen LogP contribution in [0.25, 0.3) is 12.2 Å². The van der Waals surface area contributed by atoms with Crippen molar-refractivity contribution in [3.8, 4) is 0 Å². The first-order chi connectivity index (χ1) is 23.7. The van der Waals surface area contributed by atoms with Gasteiger partial charge in [0.05, 0.1) is 18.5 Å². The SMILES string of the molecule is C=C(C(C)NC(=O)C(NC)C(C)C)N1CCCC(C(=O)O)N1.CC(C)(C)OC=O.CCC1=Cc2cc(/C=C/CC(=O)OC(C)(C)C)ccc2NC1. The minimum Gasteiger partial charge on any atom is -0.480 e. The van der Waals surface area contributed by atoms with Crippen molar-refractivity contribution < 1.29 is 33.8 Å². The molecule has 12 nitrogen and oxygen atoms in total. The summed E-state index contributed by atoms with van der Waals surface area (Å²) in [5, 5.41) is 20.2. The molecule has 1 amide bonds. The van der Waals surface area contributed by atoms with Crippen molar-refractivity contribution in [3.05, 3.63) is 53.3 Å². The zero-order valence-corrected chi connectivity index (χ0v) is 32.6. The van der Waals surface area contributed by atoms with E-state index in [4.69, 9.17) is 9.84 Å². The summed E-state index contributed by atoms with van der Waals surface area (Å²) in [6.45, 7) is 25.1. The zero-order valence-electron chi connectivity index (χ0n) is 32.6. The van der Waals surface area contributed by atoms with Crippen LogP contribution in [-0.4, -0.2) is 83.9 Å². The molecule has 1 aromatic rings. The van der Waals surface area contributed by atoms with Crippen LogP contribution in [0.4, 0.5) is 5.69 Å². The molecule has 51 heavy (non-hydrogen) atoms. The Kier molecular flexibility index (Phi) is 18.7. The number of rotatable bonds is 12. The number of ether oxygens (including phenoxy) is 2. The molecule has 1 fully saturated rings. The number of esters is 1. The normalized spacial score (nSPS) is 16.8.